The molecule has 4 rings (SSSR count). The average molecular weight is 398 g/mol. The number of hydrogen-bond acceptors (Lipinski definition) is 7. The summed E-state index contributed by atoms with van der Waals surface area (Å²) in [5, 5.41) is 6.32. The number of benzene rings is 1. The molecule has 0 unspecified atom stereocenters. The van der Waals surface area contributed by atoms with Crippen molar-refractivity contribution in [3.63, 3.8) is 0 Å². The van der Waals surface area contributed by atoms with Gasteiger partial charge < -0.3 is 20.1 Å². The van der Waals surface area contributed by atoms with Crippen LogP contribution in [0.25, 0.3) is 0 Å². The molecule has 1 aliphatic heterocycles. The van der Waals surface area contributed by atoms with E-state index < -0.39 is 0 Å². The van der Waals surface area contributed by atoms with Crippen molar-refractivity contribution in [2.75, 3.05) is 44.5 Å². The fourth-order valence-corrected chi connectivity index (χ4v) is 3.91. The van der Waals surface area contributed by atoms with E-state index in [4.69, 9.17) is 9.47 Å². The summed E-state index contributed by atoms with van der Waals surface area (Å²) in [6, 6.07) is 7.72. The normalized spacial score (nSPS) is 20.3. The van der Waals surface area contributed by atoms with Crippen LogP contribution in [0, 0.1) is 12.8 Å². The number of aromatic nitrogens is 2. The third-order valence-electron chi connectivity index (χ3n) is 6.03. The maximum Gasteiger partial charge on any atom is 0.229 e. The zero-order valence-corrected chi connectivity index (χ0v) is 17.8. The van der Waals surface area contributed by atoms with E-state index in [0.717, 1.165) is 35.2 Å². The van der Waals surface area contributed by atoms with Crippen molar-refractivity contribution in [1.29, 1.82) is 0 Å². The van der Waals surface area contributed by atoms with E-state index in [1.807, 2.05) is 38.2 Å². The second kappa shape index (κ2) is 8.06. The first-order valence-electron chi connectivity index (χ1n) is 10.4. The third-order valence-corrected chi connectivity index (χ3v) is 6.03. The van der Waals surface area contributed by atoms with Crippen molar-refractivity contribution in [3.8, 4) is 11.5 Å². The molecule has 0 bridgehead atoms. The van der Waals surface area contributed by atoms with E-state index in [2.05, 4.69) is 32.4 Å². The number of anilines is 3. The Morgan fingerprint density at radius 2 is 2.03 bits per heavy atom. The van der Waals surface area contributed by atoms with E-state index in [-0.39, 0.29) is 0 Å². The molecule has 0 radical (unpaired) electrons. The number of rotatable bonds is 8. The van der Waals surface area contributed by atoms with E-state index >= 15 is 0 Å². The van der Waals surface area contributed by atoms with Gasteiger partial charge in [-0.05, 0) is 51.8 Å². The predicted octanol–water partition coefficient (Wildman–Crippen LogP) is 3.83. The quantitative estimate of drug-likeness (QED) is 0.701. The summed E-state index contributed by atoms with van der Waals surface area (Å²) < 4.78 is 11.7. The van der Waals surface area contributed by atoms with Crippen molar-refractivity contribution >= 4 is 17.5 Å². The molecule has 0 amide bonds. The van der Waals surface area contributed by atoms with Crippen LogP contribution in [0.2, 0.25) is 0 Å². The molecule has 2 N–H and O–H groups in total. The van der Waals surface area contributed by atoms with E-state index in [1.165, 1.54) is 25.8 Å². The fourth-order valence-electron chi connectivity index (χ4n) is 3.91. The van der Waals surface area contributed by atoms with Crippen molar-refractivity contribution in [3.05, 3.63) is 30.0 Å². The number of nitrogens with one attached hydrogen (secondary N) is 2. The molecule has 156 valence electrons. The Balaban J connectivity index is 1.42. The van der Waals surface area contributed by atoms with Gasteiger partial charge in [0.2, 0.25) is 5.95 Å². The molecule has 7 heteroatoms. The molecule has 2 aliphatic rings. The molecule has 2 fully saturated rings. The molecule has 1 saturated carbocycles. The topological polar surface area (TPSA) is 71.5 Å². The summed E-state index contributed by atoms with van der Waals surface area (Å²) in [4.78, 5) is 11.5. The van der Waals surface area contributed by atoms with Crippen LogP contribution in [0.5, 0.6) is 11.5 Å². The molecule has 2 aromatic rings. The van der Waals surface area contributed by atoms with E-state index in [9.17, 15) is 0 Å². The highest BCUT2D eigenvalue weighted by atomic mass is 16.5. The highest BCUT2D eigenvalue weighted by Crippen LogP contribution is 2.43. The Kier molecular flexibility index (Phi) is 5.50. The first-order valence-corrected chi connectivity index (χ1v) is 10.4. The Bertz CT molecular complexity index is 868. The molecule has 29 heavy (non-hydrogen) atoms. The molecule has 2 heterocycles. The van der Waals surface area contributed by atoms with Crippen LogP contribution in [-0.4, -0.2) is 54.3 Å². The Hall–Kier alpha value is -2.54. The molecular formula is C22H31N5O2. The van der Waals surface area contributed by atoms with Gasteiger partial charge in [0.25, 0.3) is 0 Å². The lowest BCUT2D eigenvalue weighted by Crippen LogP contribution is -2.33. The van der Waals surface area contributed by atoms with Gasteiger partial charge in [0.1, 0.15) is 5.82 Å². The van der Waals surface area contributed by atoms with Gasteiger partial charge >= 0.3 is 0 Å². The van der Waals surface area contributed by atoms with Crippen molar-refractivity contribution in [2.45, 2.75) is 38.6 Å². The maximum absolute atomic E-state index is 6.20. The van der Waals surface area contributed by atoms with E-state index in [0.29, 0.717) is 24.0 Å². The number of methoxy groups -OCH3 is 1. The first kappa shape index (κ1) is 19.8. The minimum atomic E-state index is 0.455. The zero-order valence-electron chi connectivity index (χ0n) is 17.8. The molecular weight excluding hydrogens is 366 g/mol. The smallest absolute Gasteiger partial charge is 0.229 e. The third kappa shape index (κ3) is 4.56. The van der Waals surface area contributed by atoms with E-state index in [1.54, 1.807) is 7.11 Å². The lowest BCUT2D eigenvalue weighted by atomic mass is 10.1. The largest absolute Gasteiger partial charge is 0.493 e. The number of ether oxygens (including phenoxy) is 2. The van der Waals surface area contributed by atoms with Crippen LogP contribution < -0.4 is 20.1 Å². The maximum atomic E-state index is 6.20. The fraction of sp³-hybridized carbons (Fsp3) is 0.545. The van der Waals surface area contributed by atoms with Gasteiger partial charge in [-0.3, -0.25) is 4.90 Å². The predicted molar refractivity (Wildman–Crippen MR) is 115 cm³/mol. The summed E-state index contributed by atoms with van der Waals surface area (Å²) in [6.45, 7) is 7.34. The van der Waals surface area contributed by atoms with Gasteiger partial charge in [0.05, 0.1) is 13.7 Å². The van der Waals surface area contributed by atoms with Crippen molar-refractivity contribution in [2.24, 2.45) is 5.92 Å². The van der Waals surface area contributed by atoms with Gasteiger partial charge in [-0.25, -0.2) is 4.98 Å². The second-order valence-electron chi connectivity index (χ2n) is 8.37. The van der Waals surface area contributed by atoms with Crippen LogP contribution in [-0.2, 0) is 0 Å². The first-order chi connectivity index (χ1) is 14.0. The summed E-state index contributed by atoms with van der Waals surface area (Å²) in [5.41, 5.74) is 2.22. The van der Waals surface area contributed by atoms with Crippen LogP contribution in [0.1, 0.15) is 31.9 Å². The molecule has 1 aromatic heterocycles. The van der Waals surface area contributed by atoms with Crippen LogP contribution >= 0.6 is 0 Å². The zero-order chi connectivity index (χ0) is 20.4. The number of aryl methyl sites for hydroxylation is 1. The van der Waals surface area contributed by atoms with Gasteiger partial charge in [-0.15, -0.1) is 0 Å². The van der Waals surface area contributed by atoms with Gasteiger partial charge in [-0.1, -0.05) is 0 Å². The molecule has 1 aromatic carbocycles. The van der Waals surface area contributed by atoms with Crippen LogP contribution in [0.4, 0.5) is 17.5 Å². The van der Waals surface area contributed by atoms with Gasteiger partial charge in [0.15, 0.2) is 11.5 Å². The number of hydrogen-bond donors (Lipinski definition) is 2. The molecule has 1 aliphatic carbocycles. The molecule has 0 spiro atoms. The molecule has 1 saturated heterocycles. The standard InChI is InChI=1S/C22H31N5O2/c1-15-11-20(23-3)26-21(24-15)25-17-5-6-18(28-4)19(12-17)29-14-16-7-10-27(13-16)22(2)8-9-22/h5-6,11-12,16H,7-10,13-14H2,1-4H3,(H2,23,24,25,26)/t16-/m1/s1. The van der Waals surface area contributed by atoms with Crippen molar-refractivity contribution < 1.29 is 9.47 Å². The van der Waals surface area contributed by atoms with Crippen LogP contribution in [0.15, 0.2) is 24.3 Å². The summed E-state index contributed by atoms with van der Waals surface area (Å²) in [5.74, 6) is 3.37. The Labute approximate surface area is 172 Å². The minimum Gasteiger partial charge on any atom is -0.493 e. The molecule has 1 atom stereocenters. The Morgan fingerprint density at radius 1 is 1.21 bits per heavy atom. The van der Waals surface area contributed by atoms with Crippen LogP contribution in [0.3, 0.4) is 0 Å². The van der Waals surface area contributed by atoms with Gasteiger partial charge in [0, 0.05) is 48.6 Å². The highest BCUT2D eigenvalue weighted by molar-refractivity contribution is 5.60. The SMILES string of the molecule is CNc1cc(C)nc(Nc2ccc(OC)c(OC[C@@H]3CCN(C4(C)CC4)C3)c2)n1. The summed E-state index contributed by atoms with van der Waals surface area (Å²) in [6.07, 6.45) is 3.86. The molecule has 7 nitrogen and oxygen atoms in total. The summed E-state index contributed by atoms with van der Waals surface area (Å²) >= 11 is 0. The van der Waals surface area contributed by atoms with Crippen molar-refractivity contribution in [1.82, 2.24) is 14.9 Å². The average Bonchev–Trinajstić information content (AvgIpc) is 3.27. The number of likely N-dealkylation sites (tertiary alicyclic amines) is 1. The highest BCUT2D eigenvalue weighted by Gasteiger charge is 2.45. The number of nitrogens with zero attached hydrogens (tertiary/aromatic N) is 3. The lowest BCUT2D eigenvalue weighted by Gasteiger charge is -2.23. The minimum absolute atomic E-state index is 0.455. The summed E-state index contributed by atoms with van der Waals surface area (Å²) in [7, 11) is 3.52. The Morgan fingerprint density at radius 3 is 2.76 bits per heavy atom. The monoisotopic (exact) mass is 397 g/mol. The lowest BCUT2D eigenvalue weighted by molar-refractivity contribution is 0.202. The van der Waals surface area contributed by atoms with Gasteiger partial charge in [-0.2, -0.15) is 4.98 Å². The second-order valence-corrected chi connectivity index (χ2v) is 8.37.